The molecule has 0 heterocycles. The maximum atomic E-state index is 6.18. The van der Waals surface area contributed by atoms with Crippen molar-refractivity contribution < 1.29 is 9.47 Å². The van der Waals surface area contributed by atoms with Crippen molar-refractivity contribution in [2.75, 3.05) is 13.2 Å². The third-order valence-corrected chi connectivity index (χ3v) is 6.76. The first-order chi connectivity index (χ1) is 11.3. The lowest BCUT2D eigenvalue weighted by atomic mass is 9.71. The lowest BCUT2D eigenvalue weighted by Crippen LogP contribution is -2.25. The summed E-state index contributed by atoms with van der Waals surface area (Å²) < 4.78 is 12.3. The van der Waals surface area contributed by atoms with Crippen LogP contribution >= 0.6 is 0 Å². The van der Waals surface area contributed by atoms with E-state index >= 15 is 0 Å². The second-order valence-corrected chi connectivity index (χ2v) is 8.50. The molecule has 3 fully saturated rings. The van der Waals surface area contributed by atoms with Gasteiger partial charge in [0.15, 0.2) is 0 Å². The van der Waals surface area contributed by atoms with E-state index in [0.29, 0.717) is 12.2 Å². The minimum absolute atomic E-state index is 0.580. The second kappa shape index (κ2) is 8.85. The van der Waals surface area contributed by atoms with Gasteiger partial charge in [-0.05, 0) is 75.0 Å². The standard InChI is InChI=1S/C21H38O2/c1-3-5-7-9-23-21-14-18-10-16-12-20(22-8-6-4-2)13-17(16)11-19(18)15-21/h16-21H,3-15H2,1-2H3. The van der Waals surface area contributed by atoms with Crippen LogP contribution in [0.5, 0.6) is 0 Å². The lowest BCUT2D eigenvalue weighted by molar-refractivity contribution is 0.0480. The fourth-order valence-electron chi connectivity index (χ4n) is 5.51. The molecule has 0 aromatic heterocycles. The van der Waals surface area contributed by atoms with E-state index in [2.05, 4.69) is 13.8 Å². The SMILES string of the molecule is CCCCCOC1CC2CC3CC(OCCCC)CC3CC2C1. The Morgan fingerprint density at radius 3 is 1.43 bits per heavy atom. The van der Waals surface area contributed by atoms with E-state index in [-0.39, 0.29) is 0 Å². The lowest BCUT2D eigenvalue weighted by Gasteiger charge is -2.34. The van der Waals surface area contributed by atoms with Crippen molar-refractivity contribution in [3.05, 3.63) is 0 Å². The Balaban J connectivity index is 1.39. The average molecular weight is 323 g/mol. The fourth-order valence-corrected chi connectivity index (χ4v) is 5.51. The maximum Gasteiger partial charge on any atom is 0.0580 e. The molecule has 4 atom stereocenters. The summed E-state index contributed by atoms with van der Waals surface area (Å²) in [7, 11) is 0. The first kappa shape index (κ1) is 17.7. The number of hydrogen-bond donors (Lipinski definition) is 0. The van der Waals surface area contributed by atoms with Crippen LogP contribution in [-0.2, 0) is 9.47 Å². The van der Waals surface area contributed by atoms with E-state index in [9.17, 15) is 0 Å². The van der Waals surface area contributed by atoms with Gasteiger partial charge in [0.1, 0.15) is 0 Å². The first-order valence-electron chi connectivity index (χ1n) is 10.5. The number of unbranched alkanes of at least 4 members (excludes halogenated alkanes) is 3. The Labute approximate surface area is 143 Å². The number of rotatable bonds is 9. The molecule has 0 aromatic rings. The quantitative estimate of drug-likeness (QED) is 0.515. The molecule has 2 nitrogen and oxygen atoms in total. The van der Waals surface area contributed by atoms with Crippen molar-refractivity contribution in [2.24, 2.45) is 23.7 Å². The van der Waals surface area contributed by atoms with Gasteiger partial charge in [-0.25, -0.2) is 0 Å². The zero-order valence-corrected chi connectivity index (χ0v) is 15.5. The summed E-state index contributed by atoms with van der Waals surface area (Å²) in [6, 6.07) is 0. The van der Waals surface area contributed by atoms with Crippen LogP contribution in [0.15, 0.2) is 0 Å². The van der Waals surface area contributed by atoms with E-state index in [1.807, 2.05) is 0 Å². The third-order valence-electron chi connectivity index (χ3n) is 6.76. The molecule has 0 aromatic carbocycles. The minimum Gasteiger partial charge on any atom is -0.378 e. The first-order valence-corrected chi connectivity index (χ1v) is 10.5. The van der Waals surface area contributed by atoms with Crippen LogP contribution < -0.4 is 0 Å². The third kappa shape index (κ3) is 4.72. The second-order valence-electron chi connectivity index (χ2n) is 8.50. The Morgan fingerprint density at radius 1 is 0.565 bits per heavy atom. The monoisotopic (exact) mass is 322 g/mol. The van der Waals surface area contributed by atoms with E-state index in [1.165, 1.54) is 70.6 Å². The highest BCUT2D eigenvalue weighted by Crippen LogP contribution is 2.53. The summed E-state index contributed by atoms with van der Waals surface area (Å²) in [5, 5.41) is 0. The van der Waals surface area contributed by atoms with Gasteiger partial charge in [0.05, 0.1) is 12.2 Å². The molecule has 3 rings (SSSR count). The van der Waals surface area contributed by atoms with Crippen molar-refractivity contribution >= 4 is 0 Å². The Bertz CT molecular complexity index is 321. The van der Waals surface area contributed by atoms with E-state index in [4.69, 9.17) is 9.47 Å². The summed E-state index contributed by atoms with van der Waals surface area (Å²) in [6.07, 6.45) is 15.8. The van der Waals surface area contributed by atoms with Gasteiger partial charge in [-0.1, -0.05) is 33.1 Å². The highest BCUT2D eigenvalue weighted by Gasteiger charge is 2.46. The van der Waals surface area contributed by atoms with Crippen molar-refractivity contribution in [2.45, 2.75) is 96.7 Å². The predicted molar refractivity (Wildman–Crippen MR) is 95.6 cm³/mol. The van der Waals surface area contributed by atoms with Crippen LogP contribution in [0.4, 0.5) is 0 Å². The predicted octanol–water partition coefficient (Wildman–Crippen LogP) is 5.59. The van der Waals surface area contributed by atoms with Gasteiger partial charge in [-0.15, -0.1) is 0 Å². The van der Waals surface area contributed by atoms with Gasteiger partial charge >= 0.3 is 0 Å². The molecule has 2 heteroatoms. The van der Waals surface area contributed by atoms with Gasteiger partial charge in [0.25, 0.3) is 0 Å². The van der Waals surface area contributed by atoms with Crippen molar-refractivity contribution in [3.8, 4) is 0 Å². The summed E-state index contributed by atoms with van der Waals surface area (Å²) in [5.41, 5.74) is 0. The molecule has 0 saturated heterocycles. The highest BCUT2D eigenvalue weighted by atomic mass is 16.5. The van der Waals surface area contributed by atoms with Crippen LogP contribution in [0, 0.1) is 23.7 Å². The topological polar surface area (TPSA) is 18.5 Å². The molecule has 0 aliphatic heterocycles. The van der Waals surface area contributed by atoms with Gasteiger partial charge in [-0.3, -0.25) is 0 Å². The van der Waals surface area contributed by atoms with Crippen LogP contribution in [0.1, 0.15) is 84.5 Å². The number of ether oxygens (including phenoxy) is 2. The molecule has 23 heavy (non-hydrogen) atoms. The van der Waals surface area contributed by atoms with Crippen molar-refractivity contribution in [3.63, 3.8) is 0 Å². The summed E-state index contributed by atoms with van der Waals surface area (Å²) in [6.45, 7) is 6.50. The smallest absolute Gasteiger partial charge is 0.0580 e. The summed E-state index contributed by atoms with van der Waals surface area (Å²) >= 11 is 0. The Kier molecular flexibility index (Phi) is 6.83. The molecule has 0 N–H and O–H groups in total. The molecule has 0 radical (unpaired) electrons. The summed E-state index contributed by atoms with van der Waals surface area (Å²) in [4.78, 5) is 0. The van der Waals surface area contributed by atoms with Gasteiger partial charge < -0.3 is 9.47 Å². The highest BCUT2D eigenvalue weighted by molar-refractivity contribution is 4.97. The van der Waals surface area contributed by atoms with Gasteiger partial charge in [0, 0.05) is 13.2 Å². The maximum absolute atomic E-state index is 6.18. The average Bonchev–Trinajstić information content (AvgIpc) is 3.11. The molecule has 0 amide bonds. The number of fused-ring (bicyclic) bond motifs is 2. The zero-order valence-electron chi connectivity index (χ0n) is 15.5. The molecular formula is C21H38O2. The molecular weight excluding hydrogens is 284 g/mol. The molecule has 0 spiro atoms. The van der Waals surface area contributed by atoms with Crippen molar-refractivity contribution in [1.82, 2.24) is 0 Å². The molecule has 4 unspecified atom stereocenters. The molecule has 3 saturated carbocycles. The van der Waals surface area contributed by atoms with Crippen LogP contribution in [0.25, 0.3) is 0 Å². The van der Waals surface area contributed by atoms with E-state index < -0.39 is 0 Å². The Hall–Kier alpha value is -0.0800. The van der Waals surface area contributed by atoms with Gasteiger partial charge in [0.2, 0.25) is 0 Å². The summed E-state index contributed by atoms with van der Waals surface area (Å²) in [5.74, 6) is 3.84. The molecule has 134 valence electrons. The normalized spacial score (nSPS) is 39.4. The fraction of sp³-hybridized carbons (Fsp3) is 1.00. The number of hydrogen-bond acceptors (Lipinski definition) is 2. The zero-order chi connectivity index (χ0) is 16.1. The van der Waals surface area contributed by atoms with Crippen LogP contribution in [0.2, 0.25) is 0 Å². The Morgan fingerprint density at radius 2 is 1.00 bits per heavy atom. The van der Waals surface area contributed by atoms with Gasteiger partial charge in [-0.2, -0.15) is 0 Å². The minimum atomic E-state index is 0.580. The van der Waals surface area contributed by atoms with Crippen LogP contribution in [0.3, 0.4) is 0 Å². The van der Waals surface area contributed by atoms with E-state index in [1.54, 1.807) is 0 Å². The largest absolute Gasteiger partial charge is 0.378 e. The van der Waals surface area contributed by atoms with Crippen LogP contribution in [-0.4, -0.2) is 25.4 Å². The van der Waals surface area contributed by atoms with E-state index in [0.717, 1.165) is 36.9 Å². The molecule has 3 aliphatic rings. The molecule has 0 bridgehead atoms. The molecule has 3 aliphatic carbocycles. The van der Waals surface area contributed by atoms with Crippen molar-refractivity contribution in [1.29, 1.82) is 0 Å².